The Morgan fingerprint density at radius 3 is 1.30 bits per heavy atom. The van der Waals surface area contributed by atoms with Crippen molar-refractivity contribution in [3.8, 4) is 0 Å². The molecule has 0 unspecified atom stereocenters. The number of para-hydroxylation sites is 2. The third kappa shape index (κ3) is 8.67. The monoisotopic (exact) mass is 906 g/mol. The summed E-state index contributed by atoms with van der Waals surface area (Å²) in [6.45, 7) is 0. The summed E-state index contributed by atoms with van der Waals surface area (Å²) in [5.74, 6) is 0. The first kappa shape index (κ1) is 38.1. The van der Waals surface area contributed by atoms with Crippen LogP contribution in [0.3, 0.4) is 0 Å². The standard InChI is InChI=1S/C21H14Cl2NP.C21H16NP.2Pd/c22-19-17-13-7-8-14-18(17)24-21(20(19)23)25(15-9-3-1-4-10-15)16-11-5-2-6-12-16;1-3-10-18(11-4-1)23(19-12-5-2-6-13-19)21-16-15-17-9-7-8-14-20(17)22-21;;/h1-14H;1-16H;;. The number of hydrogen-bond acceptors (Lipinski definition) is 2. The minimum Gasteiger partial charge on any atom is -0.247 e. The van der Waals surface area contributed by atoms with Gasteiger partial charge in [-0.1, -0.05) is 187 Å². The number of fused-ring (bicyclic) bond motifs is 2. The van der Waals surface area contributed by atoms with Crippen LogP contribution in [-0.2, 0) is 40.8 Å². The van der Waals surface area contributed by atoms with Gasteiger partial charge in [-0.15, -0.1) is 0 Å². The van der Waals surface area contributed by atoms with E-state index in [2.05, 4.69) is 115 Å². The maximum Gasteiger partial charge on any atom is 0.0928 e. The van der Waals surface area contributed by atoms with E-state index in [4.69, 9.17) is 33.2 Å². The van der Waals surface area contributed by atoms with Crippen LogP contribution >= 0.6 is 39.0 Å². The minimum absolute atomic E-state index is 0. The first-order valence-electron chi connectivity index (χ1n) is 15.6. The van der Waals surface area contributed by atoms with Crippen LogP contribution in [-0.4, -0.2) is 9.97 Å². The van der Waals surface area contributed by atoms with Gasteiger partial charge in [-0.2, -0.15) is 0 Å². The number of pyridine rings is 2. The second kappa shape index (κ2) is 18.4. The number of halogens is 2. The molecule has 0 aliphatic heterocycles. The summed E-state index contributed by atoms with van der Waals surface area (Å²) in [5, 5.41) is 8.24. The Morgan fingerprint density at radius 1 is 0.360 bits per heavy atom. The van der Waals surface area contributed by atoms with Crippen molar-refractivity contribution in [1.29, 1.82) is 0 Å². The first-order valence-corrected chi connectivity index (χ1v) is 19.0. The number of benzene rings is 6. The van der Waals surface area contributed by atoms with E-state index in [1.54, 1.807) is 0 Å². The van der Waals surface area contributed by atoms with Crippen molar-refractivity contribution in [2.24, 2.45) is 0 Å². The molecule has 2 heterocycles. The average Bonchev–Trinajstić information content (AvgIpc) is 3.16. The smallest absolute Gasteiger partial charge is 0.0928 e. The van der Waals surface area contributed by atoms with E-state index in [1.807, 2.05) is 66.7 Å². The summed E-state index contributed by atoms with van der Waals surface area (Å²) in [6, 6.07) is 62.6. The fourth-order valence-electron chi connectivity index (χ4n) is 5.58. The summed E-state index contributed by atoms with van der Waals surface area (Å²) in [6.07, 6.45) is 0. The molecule has 0 aliphatic carbocycles. The quantitative estimate of drug-likeness (QED) is 0.123. The van der Waals surface area contributed by atoms with Crippen molar-refractivity contribution >= 4 is 92.9 Å². The first-order chi connectivity index (χ1) is 23.7. The third-order valence-electron chi connectivity index (χ3n) is 7.84. The summed E-state index contributed by atoms with van der Waals surface area (Å²) in [4.78, 5) is 9.86. The molecule has 8 rings (SSSR count). The molecule has 0 bridgehead atoms. The Balaban J connectivity index is 0.000000187. The molecule has 0 atom stereocenters. The average molecular weight is 908 g/mol. The van der Waals surface area contributed by atoms with E-state index >= 15 is 0 Å². The van der Waals surface area contributed by atoms with Gasteiger partial charge in [0.2, 0.25) is 0 Å². The summed E-state index contributed by atoms with van der Waals surface area (Å²) < 4.78 is 0. The Kier molecular flexibility index (Phi) is 14.0. The van der Waals surface area contributed by atoms with E-state index in [1.165, 1.54) is 26.6 Å². The van der Waals surface area contributed by atoms with Gasteiger partial charge in [0, 0.05) is 67.5 Å². The van der Waals surface area contributed by atoms with E-state index in [0.717, 1.165) is 27.3 Å². The van der Waals surface area contributed by atoms with Gasteiger partial charge >= 0.3 is 0 Å². The van der Waals surface area contributed by atoms with Gasteiger partial charge in [0.05, 0.1) is 31.9 Å². The fraction of sp³-hybridized carbons (Fsp3) is 0. The molecule has 0 amide bonds. The molecule has 8 aromatic rings. The van der Waals surface area contributed by atoms with Crippen LogP contribution in [0.2, 0.25) is 10.0 Å². The molecule has 0 spiro atoms. The predicted molar refractivity (Wildman–Crippen MR) is 211 cm³/mol. The summed E-state index contributed by atoms with van der Waals surface area (Å²) in [7, 11) is -1.51. The van der Waals surface area contributed by atoms with Crippen molar-refractivity contribution in [3.05, 3.63) is 192 Å². The van der Waals surface area contributed by atoms with Crippen LogP contribution in [0.1, 0.15) is 0 Å². The van der Waals surface area contributed by atoms with Gasteiger partial charge in [0.1, 0.15) is 0 Å². The van der Waals surface area contributed by atoms with Gasteiger partial charge in [0.15, 0.2) is 0 Å². The second-order valence-electron chi connectivity index (χ2n) is 11.0. The molecule has 0 aliphatic rings. The van der Waals surface area contributed by atoms with Gasteiger partial charge in [-0.3, -0.25) is 0 Å². The zero-order chi connectivity index (χ0) is 32.7. The van der Waals surface area contributed by atoms with Crippen LogP contribution < -0.4 is 32.1 Å². The molecule has 0 fully saturated rings. The van der Waals surface area contributed by atoms with Gasteiger partial charge in [-0.05, 0) is 39.4 Å². The molecule has 2 aromatic heterocycles. The number of rotatable bonds is 6. The SMILES string of the molecule is Clc1c(P(c2ccccc2)c2ccccc2)nc2ccccc2c1Cl.[Pd].[Pd].c1ccc(P(c2ccccc2)c2ccc3ccccc3n2)cc1. The van der Waals surface area contributed by atoms with Gasteiger partial charge in [0.25, 0.3) is 0 Å². The van der Waals surface area contributed by atoms with Crippen molar-refractivity contribution in [1.82, 2.24) is 9.97 Å². The third-order valence-corrected chi connectivity index (χ3v) is 13.5. The molecular weight excluding hydrogens is 878 g/mol. The van der Waals surface area contributed by atoms with Crippen molar-refractivity contribution in [3.63, 3.8) is 0 Å². The normalized spacial score (nSPS) is 10.6. The Morgan fingerprint density at radius 2 is 0.780 bits per heavy atom. The van der Waals surface area contributed by atoms with E-state index < -0.39 is 15.8 Å². The zero-order valence-electron chi connectivity index (χ0n) is 26.5. The van der Waals surface area contributed by atoms with E-state index in [9.17, 15) is 0 Å². The largest absolute Gasteiger partial charge is 0.247 e. The van der Waals surface area contributed by atoms with Gasteiger partial charge in [-0.25, -0.2) is 9.97 Å². The maximum atomic E-state index is 6.69. The summed E-state index contributed by atoms with van der Waals surface area (Å²) in [5.41, 5.74) is 3.92. The minimum atomic E-state index is -0.884. The Labute approximate surface area is 333 Å². The number of nitrogens with zero attached hydrogens (tertiary/aromatic N) is 2. The molecule has 50 heavy (non-hydrogen) atoms. The topological polar surface area (TPSA) is 25.8 Å². The molecule has 0 N–H and O–H groups in total. The molecular formula is C42H30Cl2N2P2Pd2. The summed E-state index contributed by atoms with van der Waals surface area (Å²) >= 11 is 13.3. The number of hydrogen-bond donors (Lipinski definition) is 0. The van der Waals surface area contributed by atoms with E-state index in [0.29, 0.717) is 10.0 Å². The molecule has 0 saturated carbocycles. The molecule has 0 saturated heterocycles. The van der Waals surface area contributed by atoms with Crippen LogP contribution in [0.15, 0.2) is 182 Å². The zero-order valence-corrected chi connectivity index (χ0v) is 32.9. The van der Waals surface area contributed by atoms with Crippen LogP contribution in [0.4, 0.5) is 0 Å². The Hall–Kier alpha value is -3.10. The fourth-order valence-corrected chi connectivity index (χ4v) is 10.7. The predicted octanol–water partition coefficient (Wildman–Crippen LogP) is 9.29. The van der Waals surface area contributed by atoms with Crippen LogP contribution in [0.25, 0.3) is 21.8 Å². The maximum absolute atomic E-state index is 6.69. The molecule has 2 nitrogen and oxygen atoms in total. The van der Waals surface area contributed by atoms with Crippen LogP contribution in [0.5, 0.6) is 0 Å². The van der Waals surface area contributed by atoms with Crippen molar-refractivity contribution in [2.75, 3.05) is 0 Å². The molecule has 252 valence electrons. The number of aromatic nitrogens is 2. The van der Waals surface area contributed by atoms with Crippen molar-refractivity contribution in [2.45, 2.75) is 0 Å². The Bertz CT molecular complexity index is 2200. The van der Waals surface area contributed by atoms with E-state index in [-0.39, 0.29) is 40.8 Å². The molecule has 0 radical (unpaired) electrons. The second-order valence-corrected chi connectivity index (χ2v) is 16.0. The van der Waals surface area contributed by atoms with Gasteiger partial charge < -0.3 is 0 Å². The van der Waals surface area contributed by atoms with Crippen LogP contribution in [0, 0.1) is 0 Å². The van der Waals surface area contributed by atoms with Crippen molar-refractivity contribution < 1.29 is 40.8 Å². The molecule has 8 heteroatoms. The molecule has 6 aromatic carbocycles.